The van der Waals surface area contributed by atoms with Gasteiger partial charge in [-0.1, -0.05) is 0 Å². The minimum Gasteiger partial charge on any atom is -0.388 e. The van der Waals surface area contributed by atoms with Gasteiger partial charge in [0.05, 0.1) is 36.6 Å². The molecule has 4 rings (SSSR count). The van der Waals surface area contributed by atoms with Crippen LogP contribution in [0.25, 0.3) is 11.0 Å². The van der Waals surface area contributed by atoms with Crippen molar-refractivity contribution in [2.24, 2.45) is 7.05 Å². The second-order valence-electron chi connectivity index (χ2n) is 8.58. The fourth-order valence-electron chi connectivity index (χ4n) is 4.51. The third kappa shape index (κ3) is 3.92. The van der Waals surface area contributed by atoms with E-state index in [1.807, 2.05) is 0 Å². The molecule has 10 nitrogen and oxygen atoms in total. The number of ether oxygens (including phenoxy) is 1. The van der Waals surface area contributed by atoms with Crippen molar-refractivity contribution in [2.45, 2.75) is 56.9 Å². The lowest BCUT2D eigenvalue weighted by molar-refractivity contribution is -0.189. The maximum atomic E-state index is 12.2. The van der Waals surface area contributed by atoms with E-state index in [-0.39, 0.29) is 17.1 Å². The van der Waals surface area contributed by atoms with Crippen LogP contribution in [0, 0.1) is 0 Å². The number of H-pyrrole nitrogens is 1. The quantitative estimate of drug-likeness (QED) is 0.639. The zero-order chi connectivity index (χ0) is 20.8. The maximum absolute atomic E-state index is 12.2. The van der Waals surface area contributed by atoms with Crippen molar-refractivity contribution >= 4 is 16.9 Å². The van der Waals surface area contributed by atoms with Gasteiger partial charge in [-0.15, -0.1) is 0 Å². The molecule has 0 aromatic carbocycles. The van der Waals surface area contributed by atoms with Crippen molar-refractivity contribution < 1.29 is 14.6 Å². The number of hydrogen-bond acceptors (Lipinski definition) is 7. The van der Waals surface area contributed by atoms with E-state index in [1.165, 1.54) is 13.1 Å². The average molecular weight is 404 g/mol. The van der Waals surface area contributed by atoms with Crippen molar-refractivity contribution in [1.82, 2.24) is 30.0 Å². The summed E-state index contributed by atoms with van der Waals surface area (Å²) in [4.78, 5) is 33.2. The van der Waals surface area contributed by atoms with Crippen LogP contribution < -0.4 is 10.9 Å². The van der Waals surface area contributed by atoms with Crippen LogP contribution in [0.4, 0.5) is 0 Å². The van der Waals surface area contributed by atoms with Crippen molar-refractivity contribution in [3.05, 3.63) is 22.4 Å². The average Bonchev–Trinajstić information content (AvgIpc) is 3.01. The molecule has 2 fully saturated rings. The second kappa shape index (κ2) is 7.19. The van der Waals surface area contributed by atoms with E-state index in [2.05, 4.69) is 25.3 Å². The van der Waals surface area contributed by atoms with Crippen LogP contribution in [0.3, 0.4) is 0 Å². The van der Waals surface area contributed by atoms with E-state index in [0.29, 0.717) is 36.4 Å². The monoisotopic (exact) mass is 404 g/mol. The molecule has 2 aromatic rings. The number of nitrogens with zero attached hydrogens (tertiary/aromatic N) is 4. The number of aromatic amines is 1. The van der Waals surface area contributed by atoms with Crippen LogP contribution in [0.15, 0.2) is 11.0 Å². The molecule has 3 N–H and O–H groups in total. The third-order valence-electron chi connectivity index (χ3n) is 6.16. The number of nitrogens with one attached hydrogen (secondary N) is 2. The zero-order valence-electron chi connectivity index (χ0n) is 17.1. The summed E-state index contributed by atoms with van der Waals surface area (Å²) < 4.78 is 7.75. The van der Waals surface area contributed by atoms with Gasteiger partial charge in [-0.2, -0.15) is 5.10 Å². The zero-order valence-corrected chi connectivity index (χ0v) is 17.1. The Balaban J connectivity index is 1.40. The van der Waals surface area contributed by atoms with Gasteiger partial charge in [-0.05, 0) is 19.8 Å². The van der Waals surface area contributed by atoms with E-state index >= 15 is 0 Å². The van der Waals surface area contributed by atoms with E-state index in [1.54, 1.807) is 18.7 Å². The summed E-state index contributed by atoms with van der Waals surface area (Å²) in [6.07, 6.45) is 3.55. The number of amides is 1. The first-order chi connectivity index (χ1) is 13.7. The Morgan fingerprint density at radius 2 is 2.17 bits per heavy atom. The molecule has 2 aliphatic heterocycles. The molecule has 29 heavy (non-hydrogen) atoms. The summed E-state index contributed by atoms with van der Waals surface area (Å²) in [7, 11) is 1.77. The number of piperidine rings is 1. The SMILES string of the molecule is CC(=O)N[C@H]1COC2(CCN(Cc3nc4c(cnn4C)c(=O)[nH]3)CC2)C[C@]1(C)O. The summed E-state index contributed by atoms with van der Waals surface area (Å²) in [5, 5.41) is 18.2. The van der Waals surface area contributed by atoms with Crippen molar-refractivity contribution in [3.63, 3.8) is 0 Å². The Kier molecular flexibility index (Phi) is 4.96. The Hall–Kier alpha value is -2.30. The van der Waals surface area contributed by atoms with Gasteiger partial charge in [0.25, 0.3) is 5.56 Å². The molecule has 0 aliphatic carbocycles. The number of hydrogen-bond donors (Lipinski definition) is 3. The van der Waals surface area contributed by atoms with E-state index in [9.17, 15) is 14.7 Å². The van der Waals surface area contributed by atoms with Crippen LogP contribution in [0.1, 0.15) is 38.9 Å². The molecule has 0 radical (unpaired) electrons. The highest BCUT2D eigenvalue weighted by atomic mass is 16.5. The van der Waals surface area contributed by atoms with Crippen LogP contribution >= 0.6 is 0 Å². The third-order valence-corrected chi connectivity index (χ3v) is 6.16. The van der Waals surface area contributed by atoms with Gasteiger partial charge >= 0.3 is 0 Å². The van der Waals surface area contributed by atoms with Crippen molar-refractivity contribution in [3.8, 4) is 0 Å². The highest BCUT2D eigenvalue weighted by Gasteiger charge is 2.49. The molecule has 2 saturated heterocycles. The summed E-state index contributed by atoms with van der Waals surface area (Å²) in [5.74, 6) is 0.445. The summed E-state index contributed by atoms with van der Waals surface area (Å²) in [6, 6.07) is -0.399. The number of rotatable bonds is 3. The summed E-state index contributed by atoms with van der Waals surface area (Å²) in [5.41, 5.74) is -0.999. The van der Waals surface area contributed by atoms with Crippen LogP contribution in [0.5, 0.6) is 0 Å². The number of carbonyl (C=O) groups excluding carboxylic acids is 1. The fraction of sp³-hybridized carbons (Fsp3) is 0.684. The second-order valence-corrected chi connectivity index (χ2v) is 8.58. The number of likely N-dealkylation sites (tertiary alicyclic amines) is 1. The number of aromatic nitrogens is 4. The first kappa shape index (κ1) is 20.0. The molecule has 0 unspecified atom stereocenters. The largest absolute Gasteiger partial charge is 0.388 e. The maximum Gasteiger partial charge on any atom is 0.262 e. The topological polar surface area (TPSA) is 125 Å². The molecule has 158 valence electrons. The highest BCUT2D eigenvalue weighted by Crippen LogP contribution is 2.39. The lowest BCUT2D eigenvalue weighted by Crippen LogP contribution is -2.63. The fourth-order valence-corrected chi connectivity index (χ4v) is 4.51. The van der Waals surface area contributed by atoms with E-state index < -0.39 is 11.6 Å². The van der Waals surface area contributed by atoms with Gasteiger partial charge in [-0.25, -0.2) is 4.98 Å². The molecule has 4 heterocycles. The number of fused-ring (bicyclic) bond motifs is 1. The molecule has 2 atom stereocenters. The minimum absolute atomic E-state index is 0.170. The first-order valence-electron chi connectivity index (χ1n) is 9.94. The van der Waals surface area contributed by atoms with Crippen molar-refractivity contribution in [2.75, 3.05) is 19.7 Å². The summed E-state index contributed by atoms with van der Waals surface area (Å²) in [6.45, 7) is 5.60. The Morgan fingerprint density at radius 3 is 2.83 bits per heavy atom. The smallest absolute Gasteiger partial charge is 0.262 e. The molecule has 10 heteroatoms. The molecule has 2 aliphatic rings. The molecule has 2 aromatic heterocycles. The molecular formula is C19H28N6O4. The standard InChI is InChI=1S/C19H28N6O4/c1-12(26)21-14-10-29-19(11-18(14,2)28)4-6-25(7-5-19)9-15-22-16-13(17(27)23-15)8-20-24(16)3/h8,14,28H,4-7,9-11H2,1-3H3,(H,21,26)(H,22,23,27)/t14-,18-/m0/s1. The van der Waals surface area contributed by atoms with Gasteiger partial charge in [0.2, 0.25) is 5.91 Å². The van der Waals surface area contributed by atoms with Crippen molar-refractivity contribution in [1.29, 1.82) is 0 Å². The molecular weight excluding hydrogens is 376 g/mol. The minimum atomic E-state index is -1.01. The lowest BCUT2D eigenvalue weighted by atomic mass is 9.75. The highest BCUT2D eigenvalue weighted by molar-refractivity contribution is 5.73. The van der Waals surface area contributed by atoms with E-state index in [4.69, 9.17) is 4.74 Å². The van der Waals surface area contributed by atoms with Gasteiger partial charge in [-0.3, -0.25) is 19.2 Å². The molecule has 0 bridgehead atoms. The van der Waals surface area contributed by atoms with Crippen LogP contribution in [0.2, 0.25) is 0 Å². The first-order valence-corrected chi connectivity index (χ1v) is 9.94. The van der Waals surface area contributed by atoms with Crippen LogP contribution in [-0.4, -0.2) is 72.6 Å². The van der Waals surface area contributed by atoms with Gasteiger partial charge in [0.1, 0.15) is 11.2 Å². The van der Waals surface area contributed by atoms with E-state index in [0.717, 1.165) is 25.9 Å². The normalized spacial score (nSPS) is 27.4. The molecule has 0 saturated carbocycles. The van der Waals surface area contributed by atoms with Gasteiger partial charge < -0.3 is 20.1 Å². The van der Waals surface area contributed by atoms with Gasteiger partial charge in [0, 0.05) is 33.5 Å². The lowest BCUT2D eigenvalue weighted by Gasteiger charge is -2.51. The molecule has 1 amide bonds. The molecule has 1 spiro atoms. The Labute approximate surface area is 168 Å². The van der Waals surface area contributed by atoms with Gasteiger partial charge in [0.15, 0.2) is 5.65 Å². The number of aryl methyl sites for hydroxylation is 1. The predicted octanol–water partition coefficient (Wildman–Crippen LogP) is -0.333. The Bertz CT molecular complexity index is 973. The number of carbonyl (C=O) groups is 1. The van der Waals surface area contributed by atoms with Crippen LogP contribution in [-0.2, 0) is 23.1 Å². The number of aliphatic hydroxyl groups is 1. The predicted molar refractivity (Wildman–Crippen MR) is 105 cm³/mol. The Morgan fingerprint density at radius 1 is 1.45 bits per heavy atom. The summed E-state index contributed by atoms with van der Waals surface area (Å²) >= 11 is 0.